The molecule has 1 aromatic heterocycles. The van der Waals surface area contributed by atoms with Crippen LogP contribution in [0.5, 0.6) is 0 Å². The van der Waals surface area contributed by atoms with E-state index in [4.69, 9.17) is 8.61 Å². The second-order valence-corrected chi connectivity index (χ2v) is 18.2. The molecule has 9 heteroatoms. The number of hydrogen-bond donors (Lipinski definition) is 0. The fraction of sp³-hybridized carbons (Fsp3) is 0.577. The molecule has 4 rings (SSSR count). The zero-order valence-electron chi connectivity index (χ0n) is 21.6. The lowest BCUT2D eigenvalue weighted by atomic mass is 9.62. The van der Waals surface area contributed by atoms with Gasteiger partial charge in [-0.05, 0) is 85.6 Å². The molecule has 1 fully saturated rings. The van der Waals surface area contributed by atoms with Crippen LogP contribution in [0.15, 0.2) is 36.0 Å². The first-order valence-corrected chi connectivity index (χ1v) is 16.9. The van der Waals surface area contributed by atoms with Crippen molar-refractivity contribution in [2.75, 3.05) is 19.5 Å². The minimum absolute atomic E-state index is 0.0915. The molecule has 35 heavy (non-hydrogen) atoms. The van der Waals surface area contributed by atoms with E-state index >= 15 is 0 Å². The van der Waals surface area contributed by atoms with Crippen molar-refractivity contribution in [2.45, 2.75) is 64.6 Å². The van der Waals surface area contributed by atoms with Gasteiger partial charge in [0.2, 0.25) is 0 Å². The SMILES string of the molecule is CC(C)(C)[Si](C)(C)OC[C@]12Cc3cnn(-c4ccc(F)cc4)c3C=C1CC[C@H](COS(C)(=O)=O)C2. The first-order chi connectivity index (χ1) is 16.2. The third kappa shape index (κ3) is 5.63. The van der Waals surface area contributed by atoms with Gasteiger partial charge in [0.15, 0.2) is 8.32 Å². The molecule has 2 aromatic rings. The zero-order valence-corrected chi connectivity index (χ0v) is 23.4. The molecule has 2 aliphatic rings. The summed E-state index contributed by atoms with van der Waals surface area (Å²) in [5.74, 6) is -0.136. The molecule has 2 aliphatic carbocycles. The molecule has 0 N–H and O–H groups in total. The summed E-state index contributed by atoms with van der Waals surface area (Å²) in [6.07, 6.45) is 8.54. The number of rotatable bonds is 7. The largest absolute Gasteiger partial charge is 0.416 e. The summed E-state index contributed by atoms with van der Waals surface area (Å²) in [5.41, 5.74) is 4.08. The quantitative estimate of drug-likeness (QED) is 0.344. The van der Waals surface area contributed by atoms with Crippen molar-refractivity contribution in [1.29, 1.82) is 0 Å². The summed E-state index contributed by atoms with van der Waals surface area (Å²) in [7, 11) is -5.48. The maximum atomic E-state index is 13.5. The smallest absolute Gasteiger partial charge is 0.264 e. The van der Waals surface area contributed by atoms with Crippen molar-refractivity contribution in [3.63, 3.8) is 0 Å². The number of aromatic nitrogens is 2. The maximum Gasteiger partial charge on any atom is 0.264 e. The Labute approximate surface area is 209 Å². The van der Waals surface area contributed by atoms with Gasteiger partial charge >= 0.3 is 0 Å². The summed E-state index contributed by atoms with van der Waals surface area (Å²) in [5, 5.41) is 4.73. The third-order valence-electron chi connectivity index (χ3n) is 8.01. The van der Waals surface area contributed by atoms with Crippen molar-refractivity contribution in [3.05, 3.63) is 53.1 Å². The fourth-order valence-electron chi connectivity index (χ4n) is 4.92. The van der Waals surface area contributed by atoms with Crippen LogP contribution in [0.3, 0.4) is 0 Å². The molecule has 1 heterocycles. The highest BCUT2D eigenvalue weighted by Gasteiger charge is 2.46. The highest BCUT2D eigenvalue weighted by molar-refractivity contribution is 7.85. The number of nitrogens with zero attached hydrogens (tertiary/aromatic N) is 2. The summed E-state index contributed by atoms with van der Waals surface area (Å²) < 4.78 is 50.6. The van der Waals surface area contributed by atoms with Gasteiger partial charge in [0.05, 0.1) is 30.4 Å². The van der Waals surface area contributed by atoms with E-state index in [1.54, 1.807) is 12.1 Å². The monoisotopic (exact) mass is 520 g/mol. The summed E-state index contributed by atoms with van der Waals surface area (Å²) in [4.78, 5) is 0. The first kappa shape index (κ1) is 26.3. The van der Waals surface area contributed by atoms with Crippen molar-refractivity contribution >= 4 is 24.5 Å². The van der Waals surface area contributed by atoms with Gasteiger partial charge in [0, 0.05) is 12.0 Å². The van der Waals surface area contributed by atoms with E-state index in [0.717, 1.165) is 48.9 Å². The Morgan fingerprint density at radius 2 is 1.91 bits per heavy atom. The van der Waals surface area contributed by atoms with E-state index in [9.17, 15) is 12.8 Å². The van der Waals surface area contributed by atoms with Crippen LogP contribution < -0.4 is 0 Å². The van der Waals surface area contributed by atoms with Gasteiger partial charge in [0.25, 0.3) is 10.1 Å². The average Bonchev–Trinajstić information content (AvgIpc) is 3.16. The molecule has 6 nitrogen and oxygen atoms in total. The Hall–Kier alpha value is -1.81. The first-order valence-electron chi connectivity index (χ1n) is 12.2. The third-order valence-corrected chi connectivity index (χ3v) is 13.1. The normalized spacial score (nSPS) is 22.9. The summed E-state index contributed by atoms with van der Waals surface area (Å²) >= 11 is 0. The lowest BCUT2D eigenvalue weighted by molar-refractivity contribution is 0.0906. The number of fused-ring (bicyclic) bond motifs is 2. The van der Waals surface area contributed by atoms with Crippen molar-refractivity contribution in [2.24, 2.45) is 11.3 Å². The zero-order chi connectivity index (χ0) is 25.6. The molecule has 0 unspecified atom stereocenters. The molecule has 0 spiro atoms. The van der Waals surface area contributed by atoms with E-state index in [-0.39, 0.29) is 28.8 Å². The molecule has 0 bridgehead atoms. The summed E-state index contributed by atoms with van der Waals surface area (Å²) in [6.45, 7) is 12.1. The predicted molar refractivity (Wildman–Crippen MR) is 139 cm³/mol. The van der Waals surface area contributed by atoms with E-state index in [0.29, 0.717) is 6.61 Å². The maximum absolute atomic E-state index is 13.5. The van der Waals surface area contributed by atoms with Crippen LogP contribution in [0.25, 0.3) is 11.8 Å². The second-order valence-electron chi connectivity index (χ2n) is 11.7. The number of benzene rings is 1. The van der Waals surface area contributed by atoms with Gasteiger partial charge in [-0.1, -0.05) is 26.3 Å². The minimum Gasteiger partial charge on any atom is -0.416 e. The lowest BCUT2D eigenvalue weighted by Gasteiger charge is -2.47. The Morgan fingerprint density at radius 1 is 1.23 bits per heavy atom. The molecule has 0 aliphatic heterocycles. The van der Waals surface area contributed by atoms with Gasteiger partial charge in [0.1, 0.15) is 5.82 Å². The van der Waals surface area contributed by atoms with E-state index < -0.39 is 18.4 Å². The Bertz CT molecular complexity index is 1210. The molecule has 0 amide bonds. The predicted octanol–water partition coefficient (Wildman–Crippen LogP) is 5.74. The highest BCUT2D eigenvalue weighted by Crippen LogP contribution is 2.51. The molecule has 192 valence electrons. The van der Waals surface area contributed by atoms with Gasteiger partial charge in [-0.3, -0.25) is 4.18 Å². The van der Waals surface area contributed by atoms with E-state index in [1.165, 1.54) is 17.7 Å². The Balaban J connectivity index is 1.67. The fourth-order valence-corrected chi connectivity index (χ4v) is 6.43. The van der Waals surface area contributed by atoms with Crippen LogP contribution in [0.2, 0.25) is 18.1 Å². The molecule has 1 saturated carbocycles. The van der Waals surface area contributed by atoms with Crippen LogP contribution in [0.1, 0.15) is 51.3 Å². The van der Waals surface area contributed by atoms with Gasteiger partial charge in [-0.15, -0.1) is 0 Å². The van der Waals surface area contributed by atoms with Crippen LogP contribution in [0.4, 0.5) is 4.39 Å². The van der Waals surface area contributed by atoms with Crippen LogP contribution in [0, 0.1) is 17.2 Å². The van der Waals surface area contributed by atoms with Crippen molar-refractivity contribution in [3.8, 4) is 5.69 Å². The van der Waals surface area contributed by atoms with Crippen LogP contribution in [-0.2, 0) is 25.1 Å². The van der Waals surface area contributed by atoms with E-state index in [1.807, 2.05) is 10.9 Å². The second kappa shape index (κ2) is 9.25. The molecule has 0 saturated heterocycles. The minimum atomic E-state index is -3.49. The molecule has 0 radical (unpaired) electrons. The van der Waals surface area contributed by atoms with E-state index in [2.05, 4.69) is 45.0 Å². The van der Waals surface area contributed by atoms with Crippen molar-refractivity contribution < 1.29 is 21.4 Å². The Morgan fingerprint density at radius 3 is 2.54 bits per heavy atom. The molecule has 1 aromatic carbocycles. The van der Waals surface area contributed by atoms with Gasteiger partial charge in [-0.2, -0.15) is 13.5 Å². The Kier molecular flexibility index (Phi) is 6.94. The average molecular weight is 521 g/mol. The van der Waals surface area contributed by atoms with Gasteiger partial charge in [-0.25, -0.2) is 9.07 Å². The molecular formula is C26H37FN2O4SSi. The number of halogens is 1. The van der Waals surface area contributed by atoms with Gasteiger partial charge < -0.3 is 4.43 Å². The lowest BCUT2D eigenvalue weighted by Crippen LogP contribution is -2.47. The van der Waals surface area contributed by atoms with Crippen LogP contribution >= 0.6 is 0 Å². The summed E-state index contributed by atoms with van der Waals surface area (Å²) in [6, 6.07) is 6.37. The molecule has 2 atom stereocenters. The highest BCUT2D eigenvalue weighted by atomic mass is 32.2. The topological polar surface area (TPSA) is 70.4 Å². The standard InChI is InChI=1S/C26H37FN2O4SSi/c1-25(2,3)35(5,6)33-18-26-14-19(17-32-34(4,30)31)7-8-21(26)13-24-20(15-26)16-28-29(24)23-11-9-22(27)10-12-23/h9-13,16,19H,7-8,14-15,17-18H2,1-6H3/t19-,26-/m0/s1. The van der Waals surface area contributed by atoms with Crippen molar-refractivity contribution in [1.82, 2.24) is 9.78 Å². The van der Waals surface area contributed by atoms with Crippen LogP contribution in [-0.4, -0.2) is 46.0 Å². The number of hydrogen-bond acceptors (Lipinski definition) is 5. The molecular weight excluding hydrogens is 483 g/mol.